The third-order valence-corrected chi connectivity index (χ3v) is 6.32. The molecule has 3 aromatic rings. The van der Waals surface area contributed by atoms with Crippen molar-refractivity contribution in [1.29, 1.82) is 0 Å². The number of hydrogen-bond acceptors (Lipinski definition) is 0. The summed E-state index contributed by atoms with van der Waals surface area (Å²) in [5.41, 5.74) is 5.80. The second-order valence-electron chi connectivity index (χ2n) is 7.52. The molecule has 27 heavy (non-hydrogen) atoms. The lowest BCUT2D eigenvalue weighted by atomic mass is 9.85. The van der Waals surface area contributed by atoms with Crippen molar-refractivity contribution in [2.24, 2.45) is 0 Å². The normalized spacial score (nSPS) is 14.9. The fourth-order valence-electron chi connectivity index (χ4n) is 4.71. The third kappa shape index (κ3) is 2.56. The second-order valence-corrected chi connectivity index (χ2v) is 7.93. The molecule has 2 heteroatoms. The van der Waals surface area contributed by atoms with Crippen LogP contribution in [-0.4, -0.2) is 0 Å². The number of benzene rings is 3. The highest BCUT2D eigenvalue weighted by Crippen LogP contribution is 2.28. The highest BCUT2D eigenvalue weighted by atomic mass is 35.5. The number of rotatable bonds is 1. The summed E-state index contributed by atoms with van der Waals surface area (Å²) in [4.78, 5) is 0. The predicted octanol–water partition coefficient (Wildman–Crippen LogP) is 5.28. The standard InChI is InChI=1S/C25H20ClF/c1-15-5-4-7-17-16(15)9-10-19-18(17)11-12-21-20(19)13-14-23(26)25(21)22-6-2-3-8-24(22)27/h2-3,6,8-10,12-14H,4-5,7,11H2,1H3. The molecule has 0 unspecified atom stereocenters. The average molecular weight is 375 g/mol. The van der Waals surface area contributed by atoms with Gasteiger partial charge in [-0.2, -0.15) is 0 Å². The highest BCUT2D eigenvalue weighted by Gasteiger charge is 2.17. The molecule has 0 atom stereocenters. The van der Waals surface area contributed by atoms with E-state index in [9.17, 15) is 4.39 Å². The van der Waals surface area contributed by atoms with Crippen molar-refractivity contribution < 1.29 is 4.39 Å². The van der Waals surface area contributed by atoms with E-state index in [1.54, 1.807) is 6.07 Å². The molecule has 134 valence electrons. The topological polar surface area (TPSA) is 0 Å². The maximum absolute atomic E-state index is 14.5. The van der Waals surface area contributed by atoms with Crippen molar-refractivity contribution in [2.45, 2.75) is 32.6 Å². The van der Waals surface area contributed by atoms with Gasteiger partial charge in [0.2, 0.25) is 0 Å². The predicted molar refractivity (Wildman–Crippen MR) is 110 cm³/mol. The van der Waals surface area contributed by atoms with Crippen LogP contribution in [0.2, 0.25) is 5.02 Å². The summed E-state index contributed by atoms with van der Waals surface area (Å²) in [5.74, 6) is -0.234. The Bertz CT molecular complexity index is 1300. The zero-order valence-corrected chi connectivity index (χ0v) is 16.0. The maximum Gasteiger partial charge on any atom is 0.131 e. The molecule has 0 fully saturated rings. The van der Waals surface area contributed by atoms with Crippen molar-refractivity contribution >= 4 is 23.3 Å². The third-order valence-electron chi connectivity index (χ3n) is 6.01. The van der Waals surface area contributed by atoms with Gasteiger partial charge in [-0.1, -0.05) is 59.6 Å². The molecule has 0 spiro atoms. The summed E-state index contributed by atoms with van der Waals surface area (Å²) < 4.78 is 14.5. The first kappa shape index (κ1) is 16.8. The Hall–Kier alpha value is -2.38. The summed E-state index contributed by atoms with van der Waals surface area (Å²) in [6.45, 7) is 2.25. The molecule has 0 amide bonds. The molecule has 0 nitrogen and oxygen atoms in total. The van der Waals surface area contributed by atoms with Crippen LogP contribution in [0.15, 0.2) is 48.5 Å². The second kappa shape index (κ2) is 6.35. The van der Waals surface area contributed by atoms with Crippen LogP contribution < -0.4 is 10.4 Å². The lowest BCUT2D eigenvalue weighted by Gasteiger charge is -2.19. The van der Waals surface area contributed by atoms with Crippen LogP contribution in [0.5, 0.6) is 0 Å². The van der Waals surface area contributed by atoms with Gasteiger partial charge in [-0.15, -0.1) is 0 Å². The van der Waals surface area contributed by atoms with E-state index in [0.717, 1.165) is 28.8 Å². The van der Waals surface area contributed by atoms with E-state index in [2.05, 4.69) is 31.2 Å². The SMILES string of the molecule is CC1=c2ccc3c(c2CCC1)CC=c1c(-c2ccccc2F)c(Cl)ccc1=3. The Labute approximate surface area is 162 Å². The van der Waals surface area contributed by atoms with Gasteiger partial charge in [-0.05, 0) is 76.7 Å². The first-order valence-electron chi connectivity index (χ1n) is 9.53. The quantitative estimate of drug-likeness (QED) is 0.544. The molecule has 0 bridgehead atoms. The Morgan fingerprint density at radius 1 is 0.852 bits per heavy atom. The van der Waals surface area contributed by atoms with Gasteiger partial charge in [-0.3, -0.25) is 0 Å². The summed E-state index contributed by atoms with van der Waals surface area (Å²) in [7, 11) is 0. The summed E-state index contributed by atoms with van der Waals surface area (Å²) >= 11 is 6.54. The van der Waals surface area contributed by atoms with Crippen molar-refractivity contribution in [3.63, 3.8) is 0 Å². The Kier molecular flexibility index (Phi) is 3.94. The molecule has 0 saturated heterocycles. The van der Waals surface area contributed by atoms with Gasteiger partial charge < -0.3 is 0 Å². The Balaban J connectivity index is 1.94. The Morgan fingerprint density at radius 2 is 1.63 bits per heavy atom. The fraction of sp³-hybridized carbons (Fsp3) is 0.200. The molecule has 0 aliphatic heterocycles. The van der Waals surface area contributed by atoms with E-state index in [1.165, 1.54) is 46.0 Å². The maximum atomic E-state index is 14.5. The minimum absolute atomic E-state index is 0.234. The molecule has 3 aromatic carbocycles. The monoisotopic (exact) mass is 374 g/mol. The molecule has 2 aliphatic carbocycles. The lowest BCUT2D eigenvalue weighted by molar-refractivity contribution is 0.631. The number of fused-ring (bicyclic) bond motifs is 4. The molecule has 0 heterocycles. The fourth-order valence-corrected chi connectivity index (χ4v) is 4.98. The van der Waals surface area contributed by atoms with Crippen LogP contribution in [0, 0.1) is 16.3 Å². The van der Waals surface area contributed by atoms with E-state index >= 15 is 0 Å². The zero-order chi connectivity index (χ0) is 18.5. The van der Waals surface area contributed by atoms with Crippen LogP contribution in [-0.2, 0) is 12.8 Å². The van der Waals surface area contributed by atoms with E-state index in [0.29, 0.717) is 10.6 Å². The molecular weight excluding hydrogens is 355 g/mol. The molecule has 0 saturated carbocycles. The molecule has 0 aromatic heterocycles. The van der Waals surface area contributed by atoms with Crippen molar-refractivity contribution in [3.05, 3.63) is 91.4 Å². The minimum atomic E-state index is -0.234. The zero-order valence-electron chi connectivity index (χ0n) is 15.3. The van der Waals surface area contributed by atoms with Gasteiger partial charge in [0.15, 0.2) is 0 Å². The van der Waals surface area contributed by atoms with Crippen molar-refractivity contribution in [1.82, 2.24) is 0 Å². The molecule has 0 radical (unpaired) electrons. The van der Waals surface area contributed by atoms with Crippen LogP contribution >= 0.6 is 11.6 Å². The van der Waals surface area contributed by atoms with Crippen molar-refractivity contribution in [2.75, 3.05) is 0 Å². The van der Waals surface area contributed by atoms with Gasteiger partial charge in [0.05, 0.1) is 0 Å². The van der Waals surface area contributed by atoms with Gasteiger partial charge in [0.1, 0.15) is 5.82 Å². The van der Waals surface area contributed by atoms with Crippen LogP contribution in [0.3, 0.4) is 0 Å². The van der Waals surface area contributed by atoms with Crippen LogP contribution in [0.25, 0.3) is 22.8 Å². The molecule has 0 N–H and O–H groups in total. The van der Waals surface area contributed by atoms with Gasteiger partial charge in [0.25, 0.3) is 0 Å². The average Bonchev–Trinajstić information content (AvgIpc) is 2.68. The van der Waals surface area contributed by atoms with Gasteiger partial charge >= 0.3 is 0 Å². The van der Waals surface area contributed by atoms with E-state index in [-0.39, 0.29) is 5.82 Å². The Morgan fingerprint density at radius 3 is 2.48 bits per heavy atom. The van der Waals surface area contributed by atoms with Crippen molar-refractivity contribution in [3.8, 4) is 11.1 Å². The summed E-state index contributed by atoms with van der Waals surface area (Å²) in [6, 6.07) is 15.4. The largest absolute Gasteiger partial charge is 0.206 e. The molecule has 5 rings (SSSR count). The lowest BCUT2D eigenvalue weighted by Crippen LogP contribution is -2.22. The number of halogens is 2. The first-order valence-corrected chi connectivity index (χ1v) is 9.91. The minimum Gasteiger partial charge on any atom is -0.206 e. The highest BCUT2D eigenvalue weighted by molar-refractivity contribution is 6.33. The first-order chi connectivity index (χ1) is 13.1. The van der Waals surface area contributed by atoms with E-state index < -0.39 is 0 Å². The van der Waals surface area contributed by atoms with E-state index in [1.807, 2.05) is 18.2 Å². The van der Waals surface area contributed by atoms with Gasteiger partial charge in [-0.25, -0.2) is 4.39 Å². The summed E-state index contributed by atoms with van der Waals surface area (Å²) in [6.07, 6.45) is 6.67. The summed E-state index contributed by atoms with van der Waals surface area (Å²) in [5, 5.41) is 5.51. The molecule has 2 aliphatic rings. The van der Waals surface area contributed by atoms with Crippen LogP contribution in [0.4, 0.5) is 4.39 Å². The number of hydrogen-bond donors (Lipinski definition) is 0. The van der Waals surface area contributed by atoms with Crippen LogP contribution in [0.1, 0.15) is 30.9 Å². The van der Waals surface area contributed by atoms with E-state index in [4.69, 9.17) is 11.6 Å². The van der Waals surface area contributed by atoms with Gasteiger partial charge in [0, 0.05) is 16.1 Å². The molecular formula is C25H20ClF. The smallest absolute Gasteiger partial charge is 0.131 e.